The number of hydrogen-bond acceptors (Lipinski definition) is 3. The number of benzene rings is 1. The van der Waals surface area contributed by atoms with E-state index in [0.717, 1.165) is 0 Å². The summed E-state index contributed by atoms with van der Waals surface area (Å²) in [5.41, 5.74) is 0.927. The number of Topliss-reactive ketones (excluding diaryl/α,β-unsaturated/α-hetero) is 1. The Morgan fingerprint density at radius 3 is 2.38 bits per heavy atom. The summed E-state index contributed by atoms with van der Waals surface area (Å²) in [6.07, 6.45) is 1.45. The SMILES string of the molecule is CC(=O)c1c[nH]c(C(=O)N(C)CC(=O)Nc2c(Cl)cccc2Cl)c1. The van der Waals surface area contributed by atoms with Gasteiger partial charge in [-0.15, -0.1) is 0 Å². The monoisotopic (exact) mass is 367 g/mol. The Bertz CT molecular complexity index is 781. The maximum absolute atomic E-state index is 12.3. The van der Waals surface area contributed by atoms with E-state index in [1.165, 1.54) is 31.1 Å². The van der Waals surface area contributed by atoms with Crippen molar-refractivity contribution in [1.29, 1.82) is 0 Å². The zero-order valence-electron chi connectivity index (χ0n) is 13.0. The maximum atomic E-state index is 12.3. The predicted octanol–water partition coefficient (Wildman–Crippen LogP) is 3.23. The van der Waals surface area contributed by atoms with Gasteiger partial charge in [-0.2, -0.15) is 0 Å². The van der Waals surface area contributed by atoms with Crippen LogP contribution in [0, 0.1) is 0 Å². The molecular formula is C16H15Cl2N3O3. The first kappa shape index (κ1) is 18.0. The topological polar surface area (TPSA) is 82.3 Å². The number of anilines is 1. The van der Waals surface area contributed by atoms with Gasteiger partial charge in [0.2, 0.25) is 5.91 Å². The second-order valence-corrected chi connectivity index (χ2v) is 5.98. The molecule has 0 spiro atoms. The molecule has 0 fully saturated rings. The summed E-state index contributed by atoms with van der Waals surface area (Å²) < 4.78 is 0. The highest BCUT2D eigenvalue weighted by Crippen LogP contribution is 2.29. The van der Waals surface area contributed by atoms with Crippen molar-refractivity contribution in [3.05, 3.63) is 51.8 Å². The van der Waals surface area contributed by atoms with Gasteiger partial charge in [-0.25, -0.2) is 0 Å². The molecule has 0 bridgehead atoms. The van der Waals surface area contributed by atoms with Gasteiger partial charge >= 0.3 is 0 Å². The second-order valence-electron chi connectivity index (χ2n) is 5.16. The molecule has 0 aliphatic rings. The van der Waals surface area contributed by atoms with Gasteiger partial charge in [0.05, 0.1) is 22.3 Å². The molecule has 126 valence electrons. The number of hydrogen-bond donors (Lipinski definition) is 2. The van der Waals surface area contributed by atoms with Crippen LogP contribution in [0.5, 0.6) is 0 Å². The van der Waals surface area contributed by atoms with Crippen molar-refractivity contribution < 1.29 is 14.4 Å². The average Bonchev–Trinajstić information content (AvgIpc) is 3.00. The van der Waals surface area contributed by atoms with E-state index in [-0.39, 0.29) is 18.0 Å². The van der Waals surface area contributed by atoms with Crippen molar-refractivity contribution >= 4 is 46.5 Å². The fraction of sp³-hybridized carbons (Fsp3) is 0.188. The van der Waals surface area contributed by atoms with Crippen LogP contribution in [0.3, 0.4) is 0 Å². The number of amides is 2. The van der Waals surface area contributed by atoms with Crippen molar-refractivity contribution in [2.45, 2.75) is 6.92 Å². The van der Waals surface area contributed by atoms with E-state index in [2.05, 4.69) is 10.3 Å². The van der Waals surface area contributed by atoms with Crippen molar-refractivity contribution in [3.8, 4) is 0 Å². The van der Waals surface area contributed by atoms with Crippen molar-refractivity contribution in [2.24, 2.45) is 0 Å². The molecule has 0 aliphatic carbocycles. The quantitative estimate of drug-likeness (QED) is 0.795. The number of nitrogens with zero attached hydrogens (tertiary/aromatic N) is 1. The summed E-state index contributed by atoms with van der Waals surface area (Å²) in [4.78, 5) is 39.5. The molecule has 2 N–H and O–H groups in total. The molecule has 1 heterocycles. The summed E-state index contributed by atoms with van der Waals surface area (Å²) in [6.45, 7) is 1.21. The lowest BCUT2D eigenvalue weighted by Gasteiger charge is -2.16. The van der Waals surface area contributed by atoms with Gasteiger partial charge < -0.3 is 15.2 Å². The van der Waals surface area contributed by atoms with E-state index in [9.17, 15) is 14.4 Å². The summed E-state index contributed by atoms with van der Waals surface area (Å²) >= 11 is 12.0. The maximum Gasteiger partial charge on any atom is 0.270 e. The number of aromatic nitrogens is 1. The molecule has 0 radical (unpaired) electrons. The molecule has 6 nitrogen and oxygen atoms in total. The molecule has 0 atom stereocenters. The predicted molar refractivity (Wildman–Crippen MR) is 92.8 cm³/mol. The zero-order chi connectivity index (χ0) is 17.9. The highest BCUT2D eigenvalue weighted by molar-refractivity contribution is 6.39. The van der Waals surface area contributed by atoms with Crippen LogP contribution in [0.4, 0.5) is 5.69 Å². The molecule has 2 amide bonds. The third kappa shape index (κ3) is 4.15. The van der Waals surface area contributed by atoms with Crippen molar-refractivity contribution in [2.75, 3.05) is 18.9 Å². The van der Waals surface area contributed by atoms with Crippen LogP contribution in [0.2, 0.25) is 10.0 Å². The van der Waals surface area contributed by atoms with E-state index in [0.29, 0.717) is 21.3 Å². The zero-order valence-corrected chi connectivity index (χ0v) is 14.5. The van der Waals surface area contributed by atoms with Crippen molar-refractivity contribution in [3.63, 3.8) is 0 Å². The molecule has 2 aromatic rings. The molecule has 1 aromatic carbocycles. The van der Waals surface area contributed by atoms with Crippen LogP contribution in [-0.2, 0) is 4.79 Å². The standard InChI is InChI=1S/C16H15Cl2N3O3/c1-9(22)10-6-13(19-7-10)16(24)21(2)8-14(23)20-15-11(17)4-3-5-12(15)18/h3-7,19H,8H2,1-2H3,(H,20,23). The minimum atomic E-state index is -0.445. The Labute approximate surface area is 148 Å². The number of ketones is 1. The Kier molecular flexibility index (Phi) is 5.64. The van der Waals surface area contributed by atoms with E-state index in [4.69, 9.17) is 23.2 Å². The normalized spacial score (nSPS) is 10.3. The summed E-state index contributed by atoms with van der Waals surface area (Å²) in [5, 5.41) is 3.19. The number of aromatic amines is 1. The molecule has 8 heteroatoms. The lowest BCUT2D eigenvalue weighted by molar-refractivity contribution is -0.116. The summed E-state index contributed by atoms with van der Waals surface area (Å²) in [6, 6.07) is 6.30. The number of nitrogens with one attached hydrogen (secondary N) is 2. The molecule has 24 heavy (non-hydrogen) atoms. The Morgan fingerprint density at radius 2 is 1.83 bits per heavy atom. The summed E-state index contributed by atoms with van der Waals surface area (Å²) in [7, 11) is 1.48. The van der Waals surface area contributed by atoms with E-state index < -0.39 is 11.8 Å². The molecule has 0 saturated heterocycles. The first-order valence-electron chi connectivity index (χ1n) is 6.98. The van der Waals surface area contributed by atoms with Crippen molar-refractivity contribution in [1.82, 2.24) is 9.88 Å². The minimum Gasteiger partial charge on any atom is -0.356 e. The van der Waals surface area contributed by atoms with E-state index >= 15 is 0 Å². The smallest absolute Gasteiger partial charge is 0.270 e. The molecular weight excluding hydrogens is 353 g/mol. The first-order valence-corrected chi connectivity index (χ1v) is 7.74. The minimum absolute atomic E-state index is 0.154. The van der Waals surface area contributed by atoms with Crippen LogP contribution < -0.4 is 5.32 Å². The number of H-pyrrole nitrogens is 1. The number of carbonyl (C=O) groups is 3. The number of rotatable bonds is 5. The van der Waals surface area contributed by atoms with Gasteiger partial charge in [0.15, 0.2) is 5.78 Å². The van der Waals surface area contributed by atoms with Crippen LogP contribution in [0.15, 0.2) is 30.5 Å². The second kappa shape index (κ2) is 7.51. The van der Waals surface area contributed by atoms with Gasteiger partial charge in [0, 0.05) is 18.8 Å². The highest BCUT2D eigenvalue weighted by Gasteiger charge is 2.18. The highest BCUT2D eigenvalue weighted by atomic mass is 35.5. The fourth-order valence-electron chi connectivity index (χ4n) is 2.01. The van der Waals surface area contributed by atoms with Crippen LogP contribution in [0.1, 0.15) is 27.8 Å². The number of para-hydroxylation sites is 1. The number of likely N-dealkylation sites (N-methyl/N-ethyl adjacent to an activating group) is 1. The fourth-order valence-corrected chi connectivity index (χ4v) is 2.50. The Balaban J connectivity index is 2.02. The lowest BCUT2D eigenvalue weighted by Crippen LogP contribution is -2.35. The van der Waals surface area contributed by atoms with E-state index in [1.807, 2.05) is 0 Å². The number of carbonyl (C=O) groups excluding carboxylic acids is 3. The van der Waals surface area contributed by atoms with Gasteiger partial charge in [-0.3, -0.25) is 14.4 Å². The Hall–Kier alpha value is -2.31. The molecule has 0 aliphatic heterocycles. The van der Waals surface area contributed by atoms with Gasteiger partial charge in [-0.1, -0.05) is 29.3 Å². The molecule has 1 aromatic heterocycles. The third-order valence-corrected chi connectivity index (χ3v) is 3.90. The largest absolute Gasteiger partial charge is 0.356 e. The first-order chi connectivity index (χ1) is 11.3. The average molecular weight is 368 g/mol. The lowest BCUT2D eigenvalue weighted by atomic mass is 10.2. The third-order valence-electron chi connectivity index (χ3n) is 3.27. The van der Waals surface area contributed by atoms with Crippen LogP contribution in [0.25, 0.3) is 0 Å². The molecule has 0 unspecified atom stereocenters. The Morgan fingerprint density at radius 1 is 1.21 bits per heavy atom. The van der Waals surface area contributed by atoms with Crippen LogP contribution >= 0.6 is 23.2 Å². The van der Waals surface area contributed by atoms with Gasteiger partial charge in [0.25, 0.3) is 5.91 Å². The summed E-state index contributed by atoms with van der Waals surface area (Å²) in [5.74, 6) is -1.01. The van der Waals surface area contributed by atoms with Crippen LogP contribution in [-0.4, -0.2) is 41.1 Å². The van der Waals surface area contributed by atoms with Gasteiger partial charge in [-0.05, 0) is 25.1 Å². The molecule has 0 saturated carbocycles. The molecule has 2 rings (SSSR count). The number of halogens is 2. The van der Waals surface area contributed by atoms with E-state index in [1.54, 1.807) is 18.2 Å². The van der Waals surface area contributed by atoms with Gasteiger partial charge in [0.1, 0.15) is 5.69 Å².